The molecule has 0 spiro atoms. The van der Waals surface area contributed by atoms with Gasteiger partial charge in [0.1, 0.15) is 5.75 Å². The third kappa shape index (κ3) is 4.35. The number of fused-ring (bicyclic) bond motifs is 2. The number of phenolic OH excluding ortho intramolecular Hbond substituents is 1. The van der Waals surface area contributed by atoms with E-state index in [1.165, 1.54) is 19.3 Å². The predicted octanol–water partition coefficient (Wildman–Crippen LogP) is 3.81. The summed E-state index contributed by atoms with van der Waals surface area (Å²) in [5, 5.41) is 31.3. The molecule has 2 bridgehead atoms. The standard InChI is InChI=1S/C25H30N6O2/c1-25-10-4-5-18(27-25)13-19(14-25)31(2)23-9-8-21(28-29-23)20-7-6-16(11-22(20)32)17-12-24(33-3)30-26-15-17/h6-9,11-12,15,18-19,27,32H,4-5,10,13-14H2,1-3H3/t18?,19-,25+/m0/s1. The van der Waals surface area contributed by atoms with Crippen LogP contribution in [0.5, 0.6) is 11.6 Å². The minimum atomic E-state index is 0.137. The van der Waals surface area contributed by atoms with Crippen molar-refractivity contribution in [3.05, 3.63) is 42.6 Å². The number of phenols is 1. The molecule has 2 N–H and O–H groups in total. The molecule has 0 aliphatic carbocycles. The molecule has 33 heavy (non-hydrogen) atoms. The van der Waals surface area contributed by atoms with Gasteiger partial charge in [0, 0.05) is 41.9 Å². The fraction of sp³-hybridized carbons (Fsp3) is 0.440. The number of benzene rings is 1. The van der Waals surface area contributed by atoms with E-state index in [0.717, 1.165) is 29.8 Å². The Morgan fingerprint density at radius 3 is 2.73 bits per heavy atom. The normalized spacial score (nSPS) is 24.3. The Morgan fingerprint density at radius 1 is 1.12 bits per heavy atom. The van der Waals surface area contributed by atoms with Crippen LogP contribution in [0.1, 0.15) is 39.0 Å². The van der Waals surface area contributed by atoms with Crippen molar-refractivity contribution in [1.29, 1.82) is 0 Å². The second kappa shape index (κ2) is 8.59. The molecule has 0 radical (unpaired) electrons. The molecule has 2 aliphatic heterocycles. The molecule has 2 fully saturated rings. The molecule has 8 heteroatoms. The first kappa shape index (κ1) is 21.6. The third-order valence-electron chi connectivity index (χ3n) is 7.08. The van der Waals surface area contributed by atoms with Gasteiger partial charge in [-0.15, -0.1) is 15.3 Å². The number of rotatable bonds is 5. The molecular weight excluding hydrogens is 416 g/mol. The van der Waals surface area contributed by atoms with Gasteiger partial charge in [-0.1, -0.05) is 12.5 Å². The Balaban J connectivity index is 1.34. The highest BCUT2D eigenvalue weighted by Crippen LogP contribution is 2.37. The SMILES string of the molecule is COc1cc(-c2ccc(-c3ccc(N(C)[C@H]4CC5CCC[C@](C)(C4)N5)nn3)c(O)c2)cnn1. The second-order valence-corrected chi connectivity index (χ2v) is 9.49. The summed E-state index contributed by atoms with van der Waals surface area (Å²) in [5.41, 5.74) is 3.12. The minimum absolute atomic E-state index is 0.137. The number of ether oxygens (including phenoxy) is 1. The zero-order valence-electron chi connectivity index (χ0n) is 19.3. The van der Waals surface area contributed by atoms with Crippen molar-refractivity contribution < 1.29 is 9.84 Å². The fourth-order valence-corrected chi connectivity index (χ4v) is 5.32. The van der Waals surface area contributed by atoms with Gasteiger partial charge in [-0.05, 0) is 62.4 Å². The van der Waals surface area contributed by atoms with Gasteiger partial charge in [-0.2, -0.15) is 5.10 Å². The molecule has 172 valence electrons. The summed E-state index contributed by atoms with van der Waals surface area (Å²) in [7, 11) is 3.66. The molecule has 4 heterocycles. The summed E-state index contributed by atoms with van der Waals surface area (Å²) in [6, 6.07) is 12.2. The average Bonchev–Trinajstić information content (AvgIpc) is 2.83. The van der Waals surface area contributed by atoms with E-state index in [1.807, 2.05) is 24.3 Å². The van der Waals surface area contributed by atoms with Crippen molar-refractivity contribution in [3.63, 3.8) is 0 Å². The van der Waals surface area contributed by atoms with E-state index in [1.54, 1.807) is 25.4 Å². The van der Waals surface area contributed by atoms with Crippen molar-refractivity contribution in [2.75, 3.05) is 19.1 Å². The maximum absolute atomic E-state index is 10.7. The number of hydrogen-bond donors (Lipinski definition) is 2. The number of hydrogen-bond acceptors (Lipinski definition) is 8. The lowest BCUT2D eigenvalue weighted by atomic mass is 9.75. The van der Waals surface area contributed by atoms with Crippen LogP contribution in [0.4, 0.5) is 5.82 Å². The van der Waals surface area contributed by atoms with Gasteiger partial charge in [0.05, 0.1) is 19.0 Å². The lowest BCUT2D eigenvalue weighted by Gasteiger charge is -2.50. The van der Waals surface area contributed by atoms with Crippen LogP contribution in [0.3, 0.4) is 0 Å². The highest BCUT2D eigenvalue weighted by atomic mass is 16.5. The molecule has 0 amide bonds. The zero-order chi connectivity index (χ0) is 23.0. The average molecular weight is 447 g/mol. The monoisotopic (exact) mass is 446 g/mol. The fourth-order valence-electron chi connectivity index (χ4n) is 5.32. The first-order valence-electron chi connectivity index (χ1n) is 11.5. The van der Waals surface area contributed by atoms with Crippen LogP contribution in [0.2, 0.25) is 0 Å². The van der Waals surface area contributed by atoms with E-state index in [4.69, 9.17) is 4.74 Å². The molecule has 8 nitrogen and oxygen atoms in total. The summed E-state index contributed by atoms with van der Waals surface area (Å²) in [6.07, 6.45) is 7.67. The Morgan fingerprint density at radius 2 is 2.00 bits per heavy atom. The second-order valence-electron chi connectivity index (χ2n) is 9.49. The Kier molecular flexibility index (Phi) is 5.62. The molecule has 3 atom stereocenters. The summed E-state index contributed by atoms with van der Waals surface area (Å²) in [6.45, 7) is 2.35. The van der Waals surface area contributed by atoms with Crippen LogP contribution < -0.4 is 15.0 Å². The van der Waals surface area contributed by atoms with Crippen molar-refractivity contribution in [3.8, 4) is 34.0 Å². The summed E-state index contributed by atoms with van der Waals surface area (Å²) < 4.78 is 5.14. The van der Waals surface area contributed by atoms with E-state index in [0.29, 0.717) is 29.2 Å². The van der Waals surface area contributed by atoms with Crippen LogP contribution >= 0.6 is 0 Å². The van der Waals surface area contributed by atoms with Gasteiger partial charge in [-0.3, -0.25) is 0 Å². The Bertz CT molecular complexity index is 1140. The van der Waals surface area contributed by atoms with Crippen LogP contribution in [-0.4, -0.2) is 57.3 Å². The smallest absolute Gasteiger partial charge is 0.233 e. The Labute approximate surface area is 194 Å². The summed E-state index contributed by atoms with van der Waals surface area (Å²) in [5.74, 6) is 1.42. The quantitative estimate of drug-likeness (QED) is 0.611. The number of nitrogens with one attached hydrogen (secondary N) is 1. The maximum Gasteiger partial charge on any atom is 0.233 e. The maximum atomic E-state index is 10.7. The van der Waals surface area contributed by atoms with Crippen LogP contribution in [0, 0.1) is 0 Å². The van der Waals surface area contributed by atoms with Gasteiger partial charge in [-0.25, -0.2) is 0 Å². The zero-order valence-corrected chi connectivity index (χ0v) is 19.3. The van der Waals surface area contributed by atoms with E-state index in [2.05, 4.69) is 44.6 Å². The first-order chi connectivity index (χ1) is 15.9. The molecule has 2 aromatic heterocycles. The topological polar surface area (TPSA) is 96.3 Å². The summed E-state index contributed by atoms with van der Waals surface area (Å²) in [4.78, 5) is 2.26. The van der Waals surface area contributed by atoms with Gasteiger partial charge in [0.15, 0.2) is 5.82 Å². The molecule has 3 aromatic rings. The first-order valence-corrected chi connectivity index (χ1v) is 11.5. The van der Waals surface area contributed by atoms with Gasteiger partial charge in [0.25, 0.3) is 0 Å². The molecular formula is C25H30N6O2. The number of aromatic nitrogens is 4. The number of piperidine rings is 2. The lowest BCUT2D eigenvalue weighted by molar-refractivity contribution is 0.140. The molecule has 1 unspecified atom stereocenters. The van der Waals surface area contributed by atoms with Crippen molar-refractivity contribution >= 4 is 5.82 Å². The number of anilines is 1. The minimum Gasteiger partial charge on any atom is -0.507 e. The highest BCUT2D eigenvalue weighted by molar-refractivity contribution is 5.74. The van der Waals surface area contributed by atoms with Crippen molar-refractivity contribution in [2.24, 2.45) is 0 Å². The summed E-state index contributed by atoms with van der Waals surface area (Å²) >= 11 is 0. The van der Waals surface area contributed by atoms with E-state index < -0.39 is 0 Å². The predicted molar refractivity (Wildman–Crippen MR) is 127 cm³/mol. The van der Waals surface area contributed by atoms with E-state index in [9.17, 15) is 5.11 Å². The van der Waals surface area contributed by atoms with Gasteiger partial charge in [0.2, 0.25) is 5.88 Å². The molecule has 2 aliphatic rings. The molecule has 2 saturated heterocycles. The van der Waals surface area contributed by atoms with Crippen LogP contribution in [-0.2, 0) is 0 Å². The molecule has 5 rings (SSSR count). The number of methoxy groups -OCH3 is 1. The van der Waals surface area contributed by atoms with Crippen LogP contribution in [0.25, 0.3) is 22.4 Å². The van der Waals surface area contributed by atoms with E-state index >= 15 is 0 Å². The van der Waals surface area contributed by atoms with Gasteiger partial charge >= 0.3 is 0 Å². The van der Waals surface area contributed by atoms with Gasteiger partial charge < -0.3 is 20.1 Å². The third-order valence-corrected chi connectivity index (χ3v) is 7.08. The number of aromatic hydroxyl groups is 1. The molecule has 0 saturated carbocycles. The van der Waals surface area contributed by atoms with Crippen LogP contribution in [0.15, 0.2) is 42.6 Å². The van der Waals surface area contributed by atoms with Crippen molar-refractivity contribution in [2.45, 2.75) is 56.7 Å². The number of nitrogens with zero attached hydrogens (tertiary/aromatic N) is 5. The largest absolute Gasteiger partial charge is 0.507 e. The lowest BCUT2D eigenvalue weighted by Crippen LogP contribution is -2.61. The Hall–Kier alpha value is -3.26. The van der Waals surface area contributed by atoms with Crippen molar-refractivity contribution in [1.82, 2.24) is 25.7 Å². The van der Waals surface area contributed by atoms with E-state index in [-0.39, 0.29) is 11.3 Å². The highest BCUT2D eigenvalue weighted by Gasteiger charge is 2.40. The molecule has 1 aromatic carbocycles.